The van der Waals surface area contributed by atoms with E-state index in [0.29, 0.717) is 79.5 Å². The molecule has 27 rings (SSSR count). The van der Waals surface area contributed by atoms with Crippen LogP contribution in [-0.2, 0) is 0 Å². The Labute approximate surface area is 772 Å². The number of nitrogens with zero attached hydrogens (tertiary/aromatic N) is 13. The summed E-state index contributed by atoms with van der Waals surface area (Å²) >= 11 is 0. The molecule has 0 spiro atoms. The Hall–Kier alpha value is -19.7. The Morgan fingerprint density at radius 3 is 0.847 bits per heavy atom. The lowest BCUT2D eigenvalue weighted by atomic mass is 10.1. The van der Waals surface area contributed by atoms with Crippen molar-refractivity contribution in [1.29, 1.82) is 0 Å². The molecular formula is C107H69N27O3. The predicted octanol–water partition coefficient (Wildman–Crippen LogP) is 22.2. The van der Waals surface area contributed by atoms with Crippen molar-refractivity contribution in [1.82, 2.24) is 120 Å². The van der Waals surface area contributed by atoms with E-state index in [9.17, 15) is 14.4 Å². The second-order valence-corrected chi connectivity index (χ2v) is 34.4. The van der Waals surface area contributed by atoms with Crippen LogP contribution in [0.25, 0.3) is 246 Å². The summed E-state index contributed by atoms with van der Waals surface area (Å²) in [6, 6.07) is 79.3. The number of imidazole rings is 12. The van der Waals surface area contributed by atoms with E-state index >= 15 is 0 Å². The van der Waals surface area contributed by atoms with E-state index in [2.05, 4.69) is 142 Å². The third kappa shape index (κ3) is 13.8. The standard InChI is InChI=1S/C54H33N13O2.C53H36N14O/c1-4-27-11-12-34-35(14-27)54(69)67(53(34)68)33-17-31(51-63-44-21-40-41(22-45(44)64-51)58-48(57-40)28-8-5-7-25(2)13-28)16-32(18-33)52-65-46-23-42-43(24-47(46)66-52)62-50(61-42)30-10-6-9-29(15-30)49-59-38-19-36-37(20-39(38)60-49)56-26(3)55-36;1-4-28-9-6-13-34(15-28)56-53(68)57-35-18-32(51-64-44-22-40-41(23-45(44)65-51)59-48(58-40)29-10-5-8-26(2)14-29)17-33(19-35)52-66-46-24-42-43(25-47(46)67-52)63-50(62-42)31-12-7-11-30(16-31)49-60-38-20-36-37(21-39(38)61-49)55-27(3)54-36/h1,5-24H,2-3H3,(H,55,56)(H,57,58)(H,59,60)(H,61,62)(H,63,64)(H,65,66);1,5-25H,2-3H3,(H,54,55)(H,58,59)(H,60,61)(H,62,63)(H,64,65)(H,66,67)(H2,56,57,68). The Morgan fingerprint density at radius 2 is 0.518 bits per heavy atom. The molecule has 4 amide bonds. The third-order valence-electron chi connectivity index (χ3n) is 24.9. The van der Waals surface area contributed by atoms with Gasteiger partial charge in [0.05, 0.1) is 149 Å². The van der Waals surface area contributed by atoms with Crippen LogP contribution < -0.4 is 15.5 Å². The molecule has 0 saturated carbocycles. The highest BCUT2D eigenvalue weighted by Gasteiger charge is 2.38. The molecule has 0 atom stereocenters. The fourth-order valence-corrected chi connectivity index (χ4v) is 18.5. The first-order chi connectivity index (χ1) is 66.8. The van der Waals surface area contributed by atoms with Gasteiger partial charge in [0, 0.05) is 78.1 Å². The molecule has 12 aromatic heterocycles. The molecule has 0 bridgehead atoms. The highest BCUT2D eigenvalue weighted by molar-refractivity contribution is 6.35. The number of rotatable bonds is 13. The number of aromatic amines is 12. The number of nitrogens with one attached hydrogen (secondary N) is 14. The monoisotopic (exact) mass is 1780 g/mol. The quantitative estimate of drug-likeness (QED) is 0.0377. The maximum absolute atomic E-state index is 14.1. The molecule has 30 heteroatoms. The van der Waals surface area contributed by atoms with Gasteiger partial charge in [0.15, 0.2) is 0 Å². The molecule has 14 N–H and O–H groups in total. The average Bonchev–Trinajstić information content (AvgIpc) is 1.61. The van der Waals surface area contributed by atoms with E-state index in [1.807, 2.05) is 172 Å². The van der Waals surface area contributed by atoms with Crippen LogP contribution in [0.15, 0.2) is 249 Å². The molecular weight excluding hydrogens is 1710 g/mol. The van der Waals surface area contributed by atoms with Crippen molar-refractivity contribution < 1.29 is 14.4 Å². The lowest BCUT2D eigenvalue weighted by molar-refractivity contribution is 0.0926. The van der Waals surface area contributed by atoms with E-state index in [1.165, 1.54) is 4.90 Å². The first-order valence-corrected chi connectivity index (χ1v) is 44.0. The van der Waals surface area contributed by atoms with Crippen LogP contribution in [-0.4, -0.2) is 137 Å². The summed E-state index contributed by atoms with van der Waals surface area (Å²) in [5.41, 5.74) is 33.5. The molecule has 30 nitrogen and oxygen atoms in total. The Morgan fingerprint density at radius 1 is 0.255 bits per heavy atom. The van der Waals surface area contributed by atoms with Crippen molar-refractivity contribution in [2.24, 2.45) is 0 Å². The number of urea groups is 1. The number of imide groups is 1. The fourth-order valence-electron chi connectivity index (χ4n) is 18.5. The van der Waals surface area contributed by atoms with Crippen molar-refractivity contribution >= 4 is 167 Å². The molecule has 1 aliphatic rings. The van der Waals surface area contributed by atoms with Crippen LogP contribution in [0.5, 0.6) is 0 Å². The van der Waals surface area contributed by atoms with Crippen molar-refractivity contribution in [3.63, 3.8) is 0 Å². The van der Waals surface area contributed by atoms with Crippen LogP contribution in [0.4, 0.5) is 21.9 Å². The van der Waals surface area contributed by atoms with Crippen LogP contribution >= 0.6 is 0 Å². The third-order valence-corrected chi connectivity index (χ3v) is 24.9. The number of fused-ring (bicyclic) bond motifs is 13. The van der Waals surface area contributed by atoms with Crippen molar-refractivity contribution in [3.8, 4) is 139 Å². The van der Waals surface area contributed by atoms with Crippen LogP contribution in [0.1, 0.15) is 54.6 Å². The fraction of sp³-hybridized carbons (Fsp3) is 0.0374. The number of aromatic nitrogens is 24. The van der Waals surface area contributed by atoms with Crippen molar-refractivity contribution in [2.45, 2.75) is 27.7 Å². The predicted molar refractivity (Wildman–Crippen MR) is 535 cm³/mol. The van der Waals surface area contributed by atoms with Gasteiger partial charge < -0.3 is 70.4 Å². The molecule has 0 unspecified atom stereocenters. The number of carbonyl (C=O) groups is 3. The smallest absolute Gasteiger partial charge is 0.323 e. The number of H-pyrrole nitrogens is 12. The summed E-state index contributed by atoms with van der Waals surface area (Å²) < 4.78 is 0. The first-order valence-electron chi connectivity index (χ1n) is 44.0. The number of amides is 4. The summed E-state index contributed by atoms with van der Waals surface area (Å²) in [4.78, 5) is 143. The van der Waals surface area contributed by atoms with Gasteiger partial charge in [0.25, 0.3) is 11.8 Å². The lowest BCUT2D eigenvalue weighted by Gasteiger charge is -2.16. The second kappa shape index (κ2) is 30.2. The van der Waals surface area contributed by atoms with Gasteiger partial charge in [0.1, 0.15) is 69.9 Å². The maximum atomic E-state index is 14.1. The molecule has 13 heterocycles. The van der Waals surface area contributed by atoms with Gasteiger partial charge in [-0.1, -0.05) is 102 Å². The second-order valence-electron chi connectivity index (χ2n) is 34.4. The number of hydrogen-bond donors (Lipinski definition) is 14. The highest BCUT2D eigenvalue weighted by atomic mass is 16.2. The van der Waals surface area contributed by atoms with Gasteiger partial charge in [-0.25, -0.2) is 69.5 Å². The van der Waals surface area contributed by atoms with Gasteiger partial charge in [-0.15, -0.1) is 12.8 Å². The topological polar surface area (TPSA) is 423 Å². The first kappa shape index (κ1) is 78.3. The van der Waals surface area contributed by atoms with Crippen LogP contribution in [0.3, 0.4) is 0 Å². The van der Waals surface area contributed by atoms with Gasteiger partial charge in [-0.3, -0.25) is 9.59 Å². The number of anilines is 3. The molecule has 650 valence electrons. The van der Waals surface area contributed by atoms with E-state index in [4.69, 9.17) is 62.7 Å². The van der Waals surface area contributed by atoms with Gasteiger partial charge in [-0.2, -0.15) is 0 Å². The molecule has 0 radical (unpaired) electrons. The number of benzene rings is 14. The molecule has 26 aromatic rings. The van der Waals surface area contributed by atoms with Gasteiger partial charge >= 0.3 is 6.03 Å². The lowest BCUT2D eigenvalue weighted by Crippen LogP contribution is -2.29. The summed E-state index contributed by atoms with van der Waals surface area (Å²) in [5, 5.41) is 5.91. The summed E-state index contributed by atoms with van der Waals surface area (Å²) in [7, 11) is 0. The Kier molecular flexibility index (Phi) is 17.2. The Balaban J connectivity index is 0.000000142. The molecule has 14 aromatic carbocycles. The van der Waals surface area contributed by atoms with E-state index in [0.717, 1.165) is 218 Å². The van der Waals surface area contributed by atoms with E-state index < -0.39 is 17.8 Å². The minimum atomic E-state index is -0.473. The summed E-state index contributed by atoms with van der Waals surface area (Å²) in [6.45, 7) is 8.00. The largest absolute Gasteiger partial charge is 0.342 e. The zero-order valence-electron chi connectivity index (χ0n) is 72.9. The van der Waals surface area contributed by atoms with Gasteiger partial charge in [0.2, 0.25) is 0 Å². The number of terminal acetylenes is 2. The highest BCUT2D eigenvalue weighted by Crippen LogP contribution is 2.41. The average molecular weight is 1780 g/mol. The van der Waals surface area contributed by atoms with Crippen LogP contribution in [0, 0.1) is 52.4 Å². The summed E-state index contributed by atoms with van der Waals surface area (Å²) in [6.07, 6.45) is 11.3. The number of hydrogen-bond acceptors (Lipinski definition) is 15. The minimum Gasteiger partial charge on any atom is -0.342 e. The normalized spacial score (nSPS) is 12.3. The molecule has 1 aliphatic heterocycles. The zero-order chi connectivity index (χ0) is 91.9. The van der Waals surface area contributed by atoms with Crippen molar-refractivity contribution in [2.75, 3.05) is 15.5 Å². The van der Waals surface area contributed by atoms with Crippen molar-refractivity contribution in [3.05, 3.63) is 294 Å². The number of aryl methyl sites for hydroxylation is 4. The SMILES string of the molecule is C#Cc1ccc2c(c1)C(=O)N(c1cc(-c3nc4cc5[nH]c(-c6cccc(C)c6)nc5cc4[nH]3)cc(-c3nc4cc5[nH]c(-c6cccc(-c7nc8cc9[nH]c(C)nc9cc8[nH]7)c6)nc5cc4[nH]3)c1)C2=O.C#Cc1cccc(NC(=O)Nc2cc(-c3nc4cc5[nH]c(-c6cccc(C)c6)nc5cc4[nH]3)cc(-c3nc4cc5[nH]c(-c6cccc(-c7nc8cc9[nH]c(C)nc9cc8[nH]7)c6)nc5cc4[nH]3)c2)c1. The van der Waals surface area contributed by atoms with Gasteiger partial charge in [-0.05, 0) is 198 Å². The Bertz CT molecular complexity index is 9480. The van der Waals surface area contributed by atoms with Crippen LogP contribution in [0.2, 0.25) is 0 Å². The van der Waals surface area contributed by atoms with E-state index in [-0.39, 0.29) is 11.1 Å². The molecule has 0 fully saturated rings. The number of carbonyl (C=O) groups excluding carboxylic acids is 3. The molecule has 137 heavy (non-hydrogen) atoms. The minimum absolute atomic E-state index is 0.247. The van der Waals surface area contributed by atoms with E-state index in [1.54, 1.807) is 54.6 Å². The maximum Gasteiger partial charge on any atom is 0.323 e. The molecule has 0 aliphatic carbocycles. The summed E-state index contributed by atoms with van der Waals surface area (Å²) in [5.74, 6) is 12.7. The zero-order valence-corrected chi connectivity index (χ0v) is 72.9. The molecule has 0 saturated heterocycles.